The summed E-state index contributed by atoms with van der Waals surface area (Å²) in [7, 11) is 0. The molecule has 0 bridgehead atoms. The Morgan fingerprint density at radius 3 is 2.52 bits per heavy atom. The molecule has 4 rings (SSSR count). The molecular formula is C23H26N2O2. The van der Waals surface area contributed by atoms with Crippen LogP contribution in [0.2, 0.25) is 0 Å². The Morgan fingerprint density at radius 2 is 1.81 bits per heavy atom. The largest absolute Gasteiger partial charge is 0.451 e. The second-order valence-electron chi connectivity index (χ2n) is 7.60. The lowest BCUT2D eigenvalue weighted by Gasteiger charge is -2.32. The van der Waals surface area contributed by atoms with Gasteiger partial charge in [-0.15, -0.1) is 0 Å². The molecule has 0 radical (unpaired) electrons. The summed E-state index contributed by atoms with van der Waals surface area (Å²) in [5, 5.41) is 3.97. The van der Waals surface area contributed by atoms with Crippen LogP contribution in [0, 0.1) is 5.92 Å². The molecule has 1 unspecified atom stereocenters. The number of para-hydroxylation sites is 1. The van der Waals surface area contributed by atoms with E-state index in [1.165, 1.54) is 18.5 Å². The van der Waals surface area contributed by atoms with Crippen LogP contribution in [0.1, 0.15) is 48.8 Å². The lowest BCUT2D eigenvalue weighted by molar-refractivity contribution is 0.0914. The first-order valence-corrected chi connectivity index (χ1v) is 9.74. The summed E-state index contributed by atoms with van der Waals surface area (Å²) in [6.45, 7) is 6.57. The number of amides is 1. The average molecular weight is 362 g/mol. The normalized spacial score (nSPS) is 16.4. The molecule has 2 aromatic carbocycles. The standard InChI is InChI=1S/C23H26N2O2/c1-16-11-13-25(14-12-16)20-9-7-18(8-10-20)17(2)24-23(26)22-15-19-5-3-4-6-21(19)27-22/h3-10,15-17H,11-14H2,1-2H3,(H,24,26). The Kier molecular flexibility index (Phi) is 4.88. The molecule has 1 amide bonds. The predicted octanol–water partition coefficient (Wildman–Crippen LogP) is 5.16. The van der Waals surface area contributed by atoms with Crippen LogP contribution < -0.4 is 10.2 Å². The number of hydrogen-bond donors (Lipinski definition) is 1. The second-order valence-corrected chi connectivity index (χ2v) is 7.60. The van der Waals surface area contributed by atoms with Crippen molar-refractivity contribution in [2.24, 2.45) is 5.92 Å². The van der Waals surface area contributed by atoms with Crippen LogP contribution in [0.4, 0.5) is 5.69 Å². The number of benzene rings is 2. The van der Waals surface area contributed by atoms with Crippen LogP contribution in [-0.4, -0.2) is 19.0 Å². The molecule has 0 saturated carbocycles. The number of nitrogens with one attached hydrogen (secondary N) is 1. The lowest BCUT2D eigenvalue weighted by Crippen LogP contribution is -2.32. The third-order valence-electron chi connectivity index (χ3n) is 5.54. The number of carbonyl (C=O) groups is 1. The Bertz CT molecular complexity index is 888. The van der Waals surface area contributed by atoms with E-state index in [0.29, 0.717) is 5.76 Å². The van der Waals surface area contributed by atoms with E-state index in [0.717, 1.165) is 35.5 Å². The zero-order valence-electron chi connectivity index (χ0n) is 15.9. The average Bonchev–Trinajstić information content (AvgIpc) is 3.13. The molecule has 27 heavy (non-hydrogen) atoms. The number of hydrogen-bond acceptors (Lipinski definition) is 3. The van der Waals surface area contributed by atoms with Gasteiger partial charge in [0.1, 0.15) is 5.58 Å². The first-order valence-electron chi connectivity index (χ1n) is 9.74. The number of furan rings is 1. The molecule has 2 heterocycles. The summed E-state index contributed by atoms with van der Waals surface area (Å²) in [6.07, 6.45) is 2.51. The van der Waals surface area contributed by atoms with E-state index < -0.39 is 0 Å². The van der Waals surface area contributed by atoms with Crippen molar-refractivity contribution in [3.05, 3.63) is 65.9 Å². The van der Waals surface area contributed by atoms with Crippen molar-refractivity contribution >= 4 is 22.6 Å². The Balaban J connectivity index is 1.41. The fraction of sp³-hybridized carbons (Fsp3) is 0.348. The molecule has 1 aliphatic rings. The maximum atomic E-state index is 12.5. The molecule has 0 aliphatic carbocycles. The Morgan fingerprint density at radius 1 is 1.11 bits per heavy atom. The van der Waals surface area contributed by atoms with E-state index in [9.17, 15) is 4.79 Å². The zero-order chi connectivity index (χ0) is 18.8. The van der Waals surface area contributed by atoms with Crippen molar-refractivity contribution in [1.29, 1.82) is 0 Å². The van der Waals surface area contributed by atoms with Gasteiger partial charge in [0.2, 0.25) is 0 Å². The van der Waals surface area contributed by atoms with Gasteiger partial charge in [0, 0.05) is 24.2 Å². The van der Waals surface area contributed by atoms with Gasteiger partial charge < -0.3 is 14.6 Å². The van der Waals surface area contributed by atoms with Crippen molar-refractivity contribution < 1.29 is 9.21 Å². The molecule has 3 aromatic rings. The summed E-state index contributed by atoms with van der Waals surface area (Å²) in [4.78, 5) is 15.0. The summed E-state index contributed by atoms with van der Waals surface area (Å²) in [6, 6.07) is 17.9. The minimum atomic E-state index is -0.187. The lowest BCUT2D eigenvalue weighted by atomic mass is 9.98. The summed E-state index contributed by atoms with van der Waals surface area (Å²) < 4.78 is 5.65. The van der Waals surface area contributed by atoms with E-state index in [2.05, 4.69) is 41.4 Å². The maximum absolute atomic E-state index is 12.5. The SMILES string of the molecule is CC1CCN(c2ccc(C(C)NC(=O)c3cc4ccccc4o3)cc2)CC1. The van der Waals surface area contributed by atoms with Gasteiger partial charge in [-0.2, -0.15) is 0 Å². The van der Waals surface area contributed by atoms with Crippen LogP contribution in [-0.2, 0) is 0 Å². The van der Waals surface area contributed by atoms with Gasteiger partial charge in [-0.3, -0.25) is 4.79 Å². The van der Waals surface area contributed by atoms with Crippen LogP contribution in [0.3, 0.4) is 0 Å². The van der Waals surface area contributed by atoms with Gasteiger partial charge in [0.25, 0.3) is 5.91 Å². The highest BCUT2D eigenvalue weighted by Crippen LogP contribution is 2.25. The topological polar surface area (TPSA) is 45.5 Å². The minimum Gasteiger partial charge on any atom is -0.451 e. The number of fused-ring (bicyclic) bond motifs is 1. The number of carbonyl (C=O) groups excluding carboxylic acids is 1. The first-order chi connectivity index (χ1) is 13.1. The van der Waals surface area contributed by atoms with Crippen molar-refractivity contribution in [2.75, 3.05) is 18.0 Å². The molecule has 1 saturated heterocycles. The summed E-state index contributed by atoms with van der Waals surface area (Å²) in [5.41, 5.74) is 3.09. The molecule has 1 aliphatic heterocycles. The molecule has 1 N–H and O–H groups in total. The number of anilines is 1. The van der Waals surface area contributed by atoms with Crippen LogP contribution in [0.5, 0.6) is 0 Å². The summed E-state index contributed by atoms with van der Waals surface area (Å²) in [5.74, 6) is 0.990. The number of piperidine rings is 1. The highest BCUT2D eigenvalue weighted by Gasteiger charge is 2.18. The number of rotatable bonds is 4. The van der Waals surface area contributed by atoms with Crippen molar-refractivity contribution in [2.45, 2.75) is 32.7 Å². The van der Waals surface area contributed by atoms with Crippen LogP contribution in [0.25, 0.3) is 11.0 Å². The first kappa shape index (κ1) is 17.7. The fourth-order valence-electron chi connectivity index (χ4n) is 3.69. The van der Waals surface area contributed by atoms with Gasteiger partial charge in [0.15, 0.2) is 5.76 Å². The van der Waals surface area contributed by atoms with Gasteiger partial charge in [0.05, 0.1) is 6.04 Å². The van der Waals surface area contributed by atoms with Crippen molar-refractivity contribution in [1.82, 2.24) is 5.32 Å². The maximum Gasteiger partial charge on any atom is 0.287 e. The number of nitrogens with zero attached hydrogens (tertiary/aromatic N) is 1. The van der Waals surface area contributed by atoms with E-state index in [1.807, 2.05) is 31.2 Å². The van der Waals surface area contributed by atoms with Gasteiger partial charge in [-0.05, 0) is 55.5 Å². The Labute approximate surface area is 160 Å². The molecule has 0 spiro atoms. The van der Waals surface area contributed by atoms with Gasteiger partial charge in [-0.1, -0.05) is 37.3 Å². The zero-order valence-corrected chi connectivity index (χ0v) is 15.9. The minimum absolute atomic E-state index is 0.0823. The summed E-state index contributed by atoms with van der Waals surface area (Å²) >= 11 is 0. The second kappa shape index (κ2) is 7.47. The molecule has 4 nitrogen and oxygen atoms in total. The molecule has 4 heteroatoms. The van der Waals surface area contributed by atoms with Crippen molar-refractivity contribution in [3.8, 4) is 0 Å². The van der Waals surface area contributed by atoms with E-state index in [4.69, 9.17) is 4.42 Å². The fourth-order valence-corrected chi connectivity index (χ4v) is 3.69. The van der Waals surface area contributed by atoms with E-state index >= 15 is 0 Å². The quantitative estimate of drug-likeness (QED) is 0.697. The third kappa shape index (κ3) is 3.85. The van der Waals surface area contributed by atoms with E-state index in [-0.39, 0.29) is 11.9 Å². The smallest absolute Gasteiger partial charge is 0.287 e. The Hall–Kier alpha value is -2.75. The molecular weight excluding hydrogens is 336 g/mol. The van der Waals surface area contributed by atoms with Gasteiger partial charge in [-0.25, -0.2) is 0 Å². The third-order valence-corrected chi connectivity index (χ3v) is 5.54. The molecule has 1 atom stereocenters. The van der Waals surface area contributed by atoms with Crippen molar-refractivity contribution in [3.63, 3.8) is 0 Å². The molecule has 1 fully saturated rings. The highest BCUT2D eigenvalue weighted by molar-refractivity contribution is 5.96. The van der Waals surface area contributed by atoms with Crippen LogP contribution >= 0.6 is 0 Å². The van der Waals surface area contributed by atoms with Crippen LogP contribution in [0.15, 0.2) is 59.0 Å². The predicted molar refractivity (Wildman–Crippen MR) is 109 cm³/mol. The molecule has 140 valence electrons. The van der Waals surface area contributed by atoms with Gasteiger partial charge >= 0.3 is 0 Å². The monoisotopic (exact) mass is 362 g/mol. The van der Waals surface area contributed by atoms with E-state index in [1.54, 1.807) is 6.07 Å². The highest BCUT2D eigenvalue weighted by atomic mass is 16.3. The molecule has 1 aromatic heterocycles.